The van der Waals surface area contributed by atoms with Gasteiger partial charge in [-0.05, 0) is 49.6 Å². The molecule has 0 atom stereocenters. The highest BCUT2D eigenvalue weighted by Gasteiger charge is 2.16. The summed E-state index contributed by atoms with van der Waals surface area (Å²) >= 11 is 0. The van der Waals surface area contributed by atoms with E-state index in [1.54, 1.807) is 0 Å². The van der Waals surface area contributed by atoms with Crippen molar-refractivity contribution >= 4 is 0 Å². The third-order valence-corrected chi connectivity index (χ3v) is 3.19. The summed E-state index contributed by atoms with van der Waals surface area (Å²) in [5.74, 6) is 0. The van der Waals surface area contributed by atoms with Crippen molar-refractivity contribution in [2.24, 2.45) is 16.6 Å². The van der Waals surface area contributed by atoms with Gasteiger partial charge in [-0.2, -0.15) is 0 Å². The van der Waals surface area contributed by atoms with Crippen molar-refractivity contribution in [1.29, 1.82) is 0 Å². The highest BCUT2D eigenvalue weighted by Crippen LogP contribution is 2.22. The van der Waals surface area contributed by atoms with Crippen LogP contribution in [0, 0.1) is 10.8 Å². The Kier molecular flexibility index (Phi) is 8.06. The molecule has 0 amide bonds. The highest BCUT2D eigenvalue weighted by atomic mass is 14.9. The molecule has 0 heterocycles. The van der Waals surface area contributed by atoms with Crippen LogP contribution in [0.5, 0.6) is 0 Å². The third-order valence-electron chi connectivity index (χ3n) is 3.19. The van der Waals surface area contributed by atoms with E-state index in [1.807, 2.05) is 0 Å². The Bertz CT molecular complexity index is 180. The van der Waals surface area contributed by atoms with Crippen LogP contribution in [0.25, 0.3) is 0 Å². The maximum Gasteiger partial charge on any atom is 0.000252 e. The van der Waals surface area contributed by atoms with Crippen LogP contribution >= 0.6 is 0 Å². The molecule has 0 radical (unpaired) electrons. The first-order valence-corrected chi connectivity index (χ1v) is 7.18. The summed E-state index contributed by atoms with van der Waals surface area (Å²) in [5.41, 5.74) is 6.43. The molecular weight excluding hydrogens is 208 g/mol. The van der Waals surface area contributed by atoms with E-state index in [2.05, 4.69) is 39.9 Å². The first-order chi connectivity index (χ1) is 7.77. The first kappa shape index (κ1) is 16.9. The first-order valence-electron chi connectivity index (χ1n) is 7.18. The summed E-state index contributed by atoms with van der Waals surface area (Å²) in [7, 11) is 0. The number of unbranched alkanes of at least 4 members (excludes halogenated alkanes) is 1. The molecule has 0 aliphatic rings. The standard InChI is InChI=1S/C15H34N2/c1-14(2,3)9-6-7-12-17-13-15(4,5)10-8-11-16/h17H,6-13,16H2,1-5H3. The van der Waals surface area contributed by atoms with Gasteiger partial charge in [-0.1, -0.05) is 41.0 Å². The quantitative estimate of drug-likeness (QED) is 0.607. The van der Waals surface area contributed by atoms with Crippen LogP contribution in [-0.2, 0) is 0 Å². The summed E-state index contributed by atoms with van der Waals surface area (Å²) in [5, 5.41) is 3.58. The van der Waals surface area contributed by atoms with E-state index in [9.17, 15) is 0 Å². The molecule has 2 nitrogen and oxygen atoms in total. The predicted molar refractivity (Wildman–Crippen MR) is 78.2 cm³/mol. The Morgan fingerprint density at radius 3 is 2.06 bits per heavy atom. The van der Waals surface area contributed by atoms with Crippen LogP contribution in [0.2, 0.25) is 0 Å². The molecule has 0 aliphatic heterocycles. The molecular formula is C15H34N2. The fourth-order valence-electron chi connectivity index (χ4n) is 2.00. The van der Waals surface area contributed by atoms with Gasteiger partial charge in [0.25, 0.3) is 0 Å². The second kappa shape index (κ2) is 8.10. The van der Waals surface area contributed by atoms with Crippen LogP contribution in [0.1, 0.15) is 66.7 Å². The number of nitrogens with one attached hydrogen (secondary N) is 1. The molecule has 0 saturated heterocycles. The van der Waals surface area contributed by atoms with Crippen molar-refractivity contribution in [1.82, 2.24) is 5.32 Å². The molecule has 0 spiro atoms. The van der Waals surface area contributed by atoms with Crippen molar-refractivity contribution in [3.8, 4) is 0 Å². The molecule has 2 heteroatoms. The molecule has 17 heavy (non-hydrogen) atoms. The van der Waals surface area contributed by atoms with E-state index in [4.69, 9.17) is 5.73 Å². The van der Waals surface area contributed by atoms with Crippen LogP contribution in [0.4, 0.5) is 0 Å². The van der Waals surface area contributed by atoms with Gasteiger partial charge in [0, 0.05) is 6.54 Å². The molecule has 104 valence electrons. The Morgan fingerprint density at radius 1 is 0.882 bits per heavy atom. The van der Waals surface area contributed by atoms with Crippen LogP contribution in [0.15, 0.2) is 0 Å². The van der Waals surface area contributed by atoms with E-state index in [0.29, 0.717) is 10.8 Å². The average Bonchev–Trinajstić information content (AvgIpc) is 2.19. The number of hydrogen-bond donors (Lipinski definition) is 2. The van der Waals surface area contributed by atoms with Crippen LogP contribution < -0.4 is 11.1 Å². The Balaban J connectivity index is 3.44. The van der Waals surface area contributed by atoms with Crippen LogP contribution in [0.3, 0.4) is 0 Å². The van der Waals surface area contributed by atoms with E-state index in [0.717, 1.165) is 26.1 Å². The van der Waals surface area contributed by atoms with Crippen molar-refractivity contribution in [3.05, 3.63) is 0 Å². The molecule has 0 unspecified atom stereocenters. The summed E-state index contributed by atoms with van der Waals surface area (Å²) in [6.07, 6.45) is 6.31. The normalized spacial score (nSPS) is 13.1. The van der Waals surface area contributed by atoms with Gasteiger partial charge in [0.2, 0.25) is 0 Å². The van der Waals surface area contributed by atoms with E-state index in [-0.39, 0.29) is 0 Å². The van der Waals surface area contributed by atoms with Gasteiger partial charge in [-0.25, -0.2) is 0 Å². The number of rotatable bonds is 9. The SMILES string of the molecule is CC(C)(C)CCCCNCC(C)(C)CCCN. The lowest BCUT2D eigenvalue weighted by molar-refractivity contribution is 0.303. The topological polar surface area (TPSA) is 38.0 Å². The molecule has 0 bridgehead atoms. The van der Waals surface area contributed by atoms with E-state index in [1.165, 1.54) is 25.7 Å². The third kappa shape index (κ3) is 12.2. The van der Waals surface area contributed by atoms with E-state index < -0.39 is 0 Å². The minimum Gasteiger partial charge on any atom is -0.330 e. The number of hydrogen-bond acceptors (Lipinski definition) is 2. The summed E-state index contributed by atoms with van der Waals surface area (Å²) in [4.78, 5) is 0. The average molecular weight is 242 g/mol. The van der Waals surface area contributed by atoms with Gasteiger partial charge in [0.05, 0.1) is 0 Å². The molecule has 0 rings (SSSR count). The Morgan fingerprint density at radius 2 is 1.53 bits per heavy atom. The zero-order valence-corrected chi connectivity index (χ0v) is 12.7. The molecule has 3 N–H and O–H groups in total. The van der Waals surface area contributed by atoms with Gasteiger partial charge < -0.3 is 11.1 Å². The largest absolute Gasteiger partial charge is 0.330 e. The number of nitrogens with two attached hydrogens (primary N) is 1. The maximum absolute atomic E-state index is 5.55. The van der Waals surface area contributed by atoms with E-state index >= 15 is 0 Å². The zero-order chi connectivity index (χ0) is 13.4. The molecule has 0 aromatic heterocycles. The summed E-state index contributed by atoms with van der Waals surface area (Å²) in [6.45, 7) is 14.7. The highest BCUT2D eigenvalue weighted by molar-refractivity contribution is 4.71. The Hall–Kier alpha value is -0.0800. The van der Waals surface area contributed by atoms with Crippen LogP contribution in [-0.4, -0.2) is 19.6 Å². The minimum absolute atomic E-state index is 0.392. The van der Waals surface area contributed by atoms with Gasteiger partial charge in [0.1, 0.15) is 0 Å². The minimum atomic E-state index is 0.392. The summed E-state index contributed by atoms with van der Waals surface area (Å²) in [6, 6.07) is 0. The van der Waals surface area contributed by atoms with Gasteiger partial charge in [-0.15, -0.1) is 0 Å². The van der Waals surface area contributed by atoms with Gasteiger partial charge in [-0.3, -0.25) is 0 Å². The fourth-order valence-corrected chi connectivity index (χ4v) is 2.00. The molecule has 0 saturated carbocycles. The Labute approximate surface area is 109 Å². The van der Waals surface area contributed by atoms with Crippen molar-refractivity contribution in [2.75, 3.05) is 19.6 Å². The van der Waals surface area contributed by atoms with Gasteiger partial charge in [0.15, 0.2) is 0 Å². The lowest BCUT2D eigenvalue weighted by atomic mass is 9.87. The van der Waals surface area contributed by atoms with Crippen molar-refractivity contribution in [3.63, 3.8) is 0 Å². The monoisotopic (exact) mass is 242 g/mol. The van der Waals surface area contributed by atoms with Crippen molar-refractivity contribution < 1.29 is 0 Å². The second-order valence-electron chi connectivity index (χ2n) is 7.25. The zero-order valence-electron chi connectivity index (χ0n) is 12.7. The second-order valence-corrected chi connectivity index (χ2v) is 7.25. The maximum atomic E-state index is 5.55. The fraction of sp³-hybridized carbons (Fsp3) is 1.00. The van der Waals surface area contributed by atoms with Gasteiger partial charge >= 0.3 is 0 Å². The molecule has 0 fully saturated rings. The summed E-state index contributed by atoms with van der Waals surface area (Å²) < 4.78 is 0. The lowest BCUT2D eigenvalue weighted by Crippen LogP contribution is -2.30. The predicted octanol–water partition coefficient (Wildman–Crippen LogP) is 3.56. The lowest BCUT2D eigenvalue weighted by Gasteiger charge is -2.25. The smallest absolute Gasteiger partial charge is 0.000252 e. The molecule has 0 aromatic carbocycles. The van der Waals surface area contributed by atoms with Crippen molar-refractivity contribution in [2.45, 2.75) is 66.7 Å². The molecule has 0 aliphatic carbocycles. The molecule has 0 aromatic rings.